The van der Waals surface area contributed by atoms with Crippen LogP contribution >= 0.6 is 11.6 Å². The first-order chi connectivity index (χ1) is 13.1. The van der Waals surface area contributed by atoms with E-state index >= 15 is 0 Å². The zero-order valence-corrected chi connectivity index (χ0v) is 15.6. The summed E-state index contributed by atoms with van der Waals surface area (Å²) in [6.07, 6.45) is 0.170. The summed E-state index contributed by atoms with van der Waals surface area (Å²) < 4.78 is 16.3. The molecule has 0 unspecified atom stereocenters. The van der Waals surface area contributed by atoms with Gasteiger partial charge >= 0.3 is 0 Å². The predicted octanol–water partition coefficient (Wildman–Crippen LogP) is 3.46. The molecule has 0 saturated carbocycles. The Morgan fingerprint density at radius 2 is 1.96 bits per heavy atom. The zero-order valence-electron chi connectivity index (χ0n) is 14.8. The SMILES string of the molecule is COc1ccc2[nH]c(CNC(=O)Cc3cc4c(cc3Cl)OCCO4)cc2c1. The van der Waals surface area contributed by atoms with E-state index in [4.69, 9.17) is 25.8 Å². The minimum Gasteiger partial charge on any atom is -0.497 e. The Kier molecular flexibility index (Phi) is 4.81. The molecule has 3 aromatic rings. The van der Waals surface area contributed by atoms with E-state index in [1.165, 1.54) is 0 Å². The second-order valence-electron chi connectivity index (χ2n) is 6.29. The molecule has 0 aliphatic carbocycles. The molecule has 2 heterocycles. The quantitative estimate of drug-likeness (QED) is 0.704. The highest BCUT2D eigenvalue weighted by Crippen LogP contribution is 2.35. The molecular weight excluding hydrogens is 368 g/mol. The molecule has 2 N–H and O–H groups in total. The van der Waals surface area contributed by atoms with Gasteiger partial charge in [0, 0.05) is 27.7 Å². The number of H-pyrrole nitrogens is 1. The number of benzene rings is 2. The fourth-order valence-corrected chi connectivity index (χ4v) is 3.28. The Balaban J connectivity index is 1.41. The first kappa shape index (κ1) is 17.5. The fraction of sp³-hybridized carbons (Fsp3) is 0.250. The van der Waals surface area contributed by atoms with Crippen LogP contribution in [0.1, 0.15) is 11.3 Å². The van der Waals surface area contributed by atoms with Gasteiger partial charge in [-0.25, -0.2) is 0 Å². The van der Waals surface area contributed by atoms with E-state index in [2.05, 4.69) is 10.3 Å². The zero-order chi connectivity index (χ0) is 18.8. The lowest BCUT2D eigenvalue weighted by Crippen LogP contribution is -2.25. The number of rotatable bonds is 5. The minimum atomic E-state index is -0.121. The Labute approximate surface area is 161 Å². The highest BCUT2D eigenvalue weighted by atomic mass is 35.5. The van der Waals surface area contributed by atoms with Crippen LogP contribution in [-0.4, -0.2) is 31.2 Å². The highest BCUT2D eigenvalue weighted by Gasteiger charge is 2.16. The smallest absolute Gasteiger partial charge is 0.224 e. The van der Waals surface area contributed by atoms with Crippen molar-refractivity contribution in [2.45, 2.75) is 13.0 Å². The molecule has 0 bridgehead atoms. The number of carbonyl (C=O) groups is 1. The Morgan fingerprint density at radius 3 is 2.74 bits per heavy atom. The number of hydrogen-bond donors (Lipinski definition) is 2. The van der Waals surface area contributed by atoms with Gasteiger partial charge in [-0.05, 0) is 35.9 Å². The van der Waals surface area contributed by atoms with Gasteiger partial charge in [0.25, 0.3) is 0 Å². The van der Waals surface area contributed by atoms with E-state index in [1.54, 1.807) is 19.2 Å². The fourth-order valence-electron chi connectivity index (χ4n) is 3.06. The number of carbonyl (C=O) groups excluding carboxylic acids is 1. The molecule has 2 aromatic carbocycles. The van der Waals surface area contributed by atoms with Gasteiger partial charge in [-0.1, -0.05) is 11.6 Å². The van der Waals surface area contributed by atoms with Gasteiger partial charge in [0.2, 0.25) is 5.91 Å². The second-order valence-corrected chi connectivity index (χ2v) is 6.70. The Hall–Kier alpha value is -2.86. The number of ether oxygens (including phenoxy) is 3. The lowest BCUT2D eigenvalue weighted by molar-refractivity contribution is -0.120. The van der Waals surface area contributed by atoms with Gasteiger partial charge in [-0.15, -0.1) is 0 Å². The average molecular weight is 387 g/mol. The average Bonchev–Trinajstić information content (AvgIpc) is 3.09. The minimum absolute atomic E-state index is 0.121. The van der Waals surface area contributed by atoms with Crippen LogP contribution in [0.5, 0.6) is 17.2 Å². The number of aromatic amines is 1. The molecule has 140 valence electrons. The summed E-state index contributed by atoms with van der Waals surface area (Å²) in [4.78, 5) is 15.6. The second kappa shape index (κ2) is 7.40. The topological polar surface area (TPSA) is 72.6 Å². The molecule has 0 radical (unpaired) electrons. The summed E-state index contributed by atoms with van der Waals surface area (Å²) in [6.45, 7) is 1.39. The van der Waals surface area contributed by atoms with Crippen LogP contribution in [0.15, 0.2) is 36.4 Å². The summed E-state index contributed by atoms with van der Waals surface area (Å²) in [5.41, 5.74) is 2.62. The number of nitrogens with one attached hydrogen (secondary N) is 2. The normalized spacial score (nSPS) is 12.8. The Morgan fingerprint density at radius 1 is 1.19 bits per heavy atom. The van der Waals surface area contributed by atoms with E-state index in [9.17, 15) is 4.79 Å². The van der Waals surface area contributed by atoms with Crippen molar-refractivity contribution in [3.8, 4) is 17.2 Å². The van der Waals surface area contributed by atoms with Crippen LogP contribution in [-0.2, 0) is 17.8 Å². The van der Waals surface area contributed by atoms with Crippen LogP contribution in [0, 0.1) is 0 Å². The third kappa shape index (κ3) is 3.80. The number of fused-ring (bicyclic) bond motifs is 2. The number of halogens is 1. The van der Waals surface area contributed by atoms with Crippen LogP contribution in [0.3, 0.4) is 0 Å². The third-order valence-electron chi connectivity index (χ3n) is 4.42. The summed E-state index contributed by atoms with van der Waals surface area (Å²) in [7, 11) is 1.64. The standard InChI is InChI=1S/C20H19ClN2O4/c1-25-15-2-3-17-13(7-15)6-14(23-17)11-22-20(24)9-12-8-18-19(10-16(12)21)27-5-4-26-18/h2-3,6-8,10,23H,4-5,9,11H2,1H3,(H,22,24). The molecule has 1 aliphatic rings. The lowest BCUT2D eigenvalue weighted by atomic mass is 10.1. The van der Waals surface area contributed by atoms with Gasteiger partial charge in [-0.3, -0.25) is 4.79 Å². The molecular formula is C20H19ClN2O4. The largest absolute Gasteiger partial charge is 0.497 e. The third-order valence-corrected chi connectivity index (χ3v) is 4.77. The number of hydrogen-bond acceptors (Lipinski definition) is 4. The summed E-state index contributed by atoms with van der Waals surface area (Å²) in [6, 6.07) is 11.3. The van der Waals surface area contributed by atoms with E-state index in [-0.39, 0.29) is 12.3 Å². The molecule has 27 heavy (non-hydrogen) atoms. The van der Waals surface area contributed by atoms with Crippen molar-refractivity contribution in [1.82, 2.24) is 10.3 Å². The molecule has 1 aliphatic heterocycles. The molecule has 1 amide bonds. The number of methoxy groups -OCH3 is 1. The maximum absolute atomic E-state index is 12.3. The van der Waals surface area contributed by atoms with E-state index in [0.717, 1.165) is 22.3 Å². The van der Waals surface area contributed by atoms with E-state index in [1.807, 2.05) is 24.3 Å². The van der Waals surface area contributed by atoms with Crippen LogP contribution in [0.25, 0.3) is 10.9 Å². The van der Waals surface area contributed by atoms with Crippen molar-refractivity contribution in [2.24, 2.45) is 0 Å². The lowest BCUT2D eigenvalue weighted by Gasteiger charge is -2.19. The van der Waals surface area contributed by atoms with Gasteiger partial charge in [0.05, 0.1) is 20.1 Å². The maximum atomic E-state index is 12.3. The first-order valence-corrected chi connectivity index (χ1v) is 9.00. The summed E-state index contributed by atoms with van der Waals surface area (Å²) in [5, 5.41) is 4.44. The van der Waals surface area contributed by atoms with Crippen molar-refractivity contribution in [3.05, 3.63) is 52.7 Å². The van der Waals surface area contributed by atoms with Gasteiger partial charge in [-0.2, -0.15) is 0 Å². The van der Waals surface area contributed by atoms with Crippen molar-refractivity contribution in [3.63, 3.8) is 0 Å². The molecule has 0 atom stereocenters. The molecule has 4 rings (SSSR count). The molecule has 0 saturated heterocycles. The van der Waals surface area contributed by atoms with Gasteiger partial charge < -0.3 is 24.5 Å². The van der Waals surface area contributed by atoms with Crippen molar-refractivity contribution in [2.75, 3.05) is 20.3 Å². The first-order valence-electron chi connectivity index (χ1n) is 8.63. The highest BCUT2D eigenvalue weighted by molar-refractivity contribution is 6.31. The number of amides is 1. The number of aromatic nitrogens is 1. The summed E-state index contributed by atoms with van der Waals surface area (Å²) in [5.74, 6) is 1.91. The molecule has 0 spiro atoms. The van der Waals surface area contributed by atoms with Crippen molar-refractivity contribution < 1.29 is 19.0 Å². The van der Waals surface area contributed by atoms with Crippen LogP contribution in [0.2, 0.25) is 5.02 Å². The van der Waals surface area contributed by atoms with Crippen LogP contribution < -0.4 is 19.5 Å². The van der Waals surface area contributed by atoms with Crippen molar-refractivity contribution in [1.29, 1.82) is 0 Å². The van der Waals surface area contributed by atoms with E-state index in [0.29, 0.717) is 41.8 Å². The molecule has 6 nitrogen and oxygen atoms in total. The maximum Gasteiger partial charge on any atom is 0.224 e. The van der Waals surface area contributed by atoms with Crippen LogP contribution in [0.4, 0.5) is 0 Å². The molecule has 1 aromatic heterocycles. The monoisotopic (exact) mass is 386 g/mol. The van der Waals surface area contributed by atoms with Gasteiger partial charge in [0.1, 0.15) is 19.0 Å². The van der Waals surface area contributed by atoms with Crippen molar-refractivity contribution >= 4 is 28.4 Å². The molecule has 0 fully saturated rings. The molecule has 7 heteroatoms. The summed E-state index contributed by atoms with van der Waals surface area (Å²) >= 11 is 6.27. The van der Waals surface area contributed by atoms with E-state index < -0.39 is 0 Å². The van der Waals surface area contributed by atoms with Gasteiger partial charge in [0.15, 0.2) is 11.5 Å². The predicted molar refractivity (Wildman–Crippen MR) is 103 cm³/mol. The Bertz CT molecular complexity index is 999.